The number of anilines is 1. The normalized spacial score (nSPS) is 10.3. The first kappa shape index (κ1) is 14.6. The minimum absolute atomic E-state index is 0.0492. The maximum Gasteiger partial charge on any atom is 0.346 e. The van der Waals surface area contributed by atoms with Crippen LogP contribution in [-0.4, -0.2) is 15.9 Å². The van der Waals surface area contributed by atoms with E-state index in [1.807, 2.05) is 18.2 Å². The quantitative estimate of drug-likeness (QED) is 0.781. The lowest BCUT2D eigenvalue weighted by atomic mass is 10.1. The van der Waals surface area contributed by atoms with Gasteiger partial charge in [0.15, 0.2) is 0 Å². The van der Waals surface area contributed by atoms with Crippen LogP contribution in [0.5, 0.6) is 0 Å². The van der Waals surface area contributed by atoms with Crippen molar-refractivity contribution in [3.05, 3.63) is 82.7 Å². The summed E-state index contributed by atoms with van der Waals surface area (Å²) in [6.07, 6.45) is 0. The van der Waals surface area contributed by atoms with Gasteiger partial charge in [-0.25, -0.2) is 9.18 Å². The van der Waals surface area contributed by atoms with Crippen molar-refractivity contribution in [3.63, 3.8) is 0 Å². The van der Waals surface area contributed by atoms with Crippen LogP contribution >= 0.6 is 0 Å². The van der Waals surface area contributed by atoms with E-state index in [2.05, 4.69) is 15.3 Å². The third kappa shape index (κ3) is 3.49. The molecular weight excluding hydrogens is 297 g/mol. The van der Waals surface area contributed by atoms with E-state index < -0.39 is 17.4 Å². The molecule has 1 amide bonds. The molecule has 114 valence electrons. The molecule has 0 saturated carbocycles. The van der Waals surface area contributed by atoms with Crippen molar-refractivity contribution in [1.82, 2.24) is 9.97 Å². The topological polar surface area (TPSA) is 74.8 Å². The van der Waals surface area contributed by atoms with Gasteiger partial charge in [0.2, 0.25) is 0 Å². The van der Waals surface area contributed by atoms with Crippen molar-refractivity contribution < 1.29 is 9.18 Å². The first-order valence-corrected chi connectivity index (χ1v) is 6.85. The number of carbonyl (C=O) groups excluding carboxylic acids is 1. The molecule has 0 bridgehead atoms. The minimum Gasteiger partial charge on any atom is -0.321 e. The second-order valence-corrected chi connectivity index (χ2v) is 4.82. The van der Waals surface area contributed by atoms with E-state index >= 15 is 0 Å². The van der Waals surface area contributed by atoms with Crippen LogP contribution in [0.2, 0.25) is 0 Å². The molecule has 0 spiro atoms. The van der Waals surface area contributed by atoms with Crippen LogP contribution in [0.15, 0.2) is 65.5 Å². The zero-order valence-corrected chi connectivity index (χ0v) is 11.9. The molecule has 0 radical (unpaired) electrons. The molecule has 1 aromatic heterocycles. The van der Waals surface area contributed by atoms with Crippen molar-refractivity contribution in [2.75, 3.05) is 5.32 Å². The number of hydrogen-bond acceptors (Lipinski definition) is 3. The number of hydrogen-bond donors (Lipinski definition) is 2. The number of amides is 1. The minimum atomic E-state index is -0.629. The van der Waals surface area contributed by atoms with Gasteiger partial charge in [0.25, 0.3) is 5.91 Å². The predicted octanol–water partition coefficient (Wildman–Crippen LogP) is 2.83. The molecule has 0 aliphatic heterocycles. The summed E-state index contributed by atoms with van der Waals surface area (Å²) in [5, 5.41) is 2.53. The molecule has 0 aliphatic carbocycles. The molecule has 2 aromatic carbocycles. The number of halogens is 1. The second-order valence-electron chi connectivity index (χ2n) is 4.82. The second kappa shape index (κ2) is 6.23. The molecule has 0 aliphatic rings. The lowest BCUT2D eigenvalue weighted by Crippen LogP contribution is -2.21. The number of carbonyl (C=O) groups is 1. The van der Waals surface area contributed by atoms with Crippen LogP contribution in [0, 0.1) is 5.82 Å². The lowest BCUT2D eigenvalue weighted by molar-refractivity contribution is 0.102. The molecular formula is C17H12FN3O2. The van der Waals surface area contributed by atoms with Crippen LogP contribution in [0.1, 0.15) is 10.5 Å². The fraction of sp³-hybridized carbons (Fsp3) is 0. The van der Waals surface area contributed by atoms with Gasteiger partial charge in [-0.1, -0.05) is 36.4 Å². The zero-order chi connectivity index (χ0) is 16.2. The van der Waals surface area contributed by atoms with Crippen molar-refractivity contribution >= 4 is 11.6 Å². The molecule has 0 saturated heterocycles. The Kier molecular flexibility index (Phi) is 3.97. The van der Waals surface area contributed by atoms with E-state index in [4.69, 9.17) is 0 Å². The summed E-state index contributed by atoms with van der Waals surface area (Å²) in [6.45, 7) is 0. The van der Waals surface area contributed by atoms with Gasteiger partial charge in [0.05, 0.1) is 5.69 Å². The standard InChI is InChI=1S/C17H12FN3O2/c18-12-7-4-8-13(9-12)19-16(22)15-10-14(20-17(23)21-15)11-5-2-1-3-6-11/h1-10H,(H,19,22)(H,20,21,23). The first-order chi connectivity index (χ1) is 11.1. The summed E-state index contributed by atoms with van der Waals surface area (Å²) >= 11 is 0. The molecule has 1 heterocycles. The molecule has 0 fully saturated rings. The summed E-state index contributed by atoms with van der Waals surface area (Å²) in [7, 11) is 0. The van der Waals surface area contributed by atoms with Gasteiger partial charge in [-0.05, 0) is 24.3 Å². The number of rotatable bonds is 3. The van der Waals surface area contributed by atoms with Gasteiger partial charge in [-0.15, -0.1) is 0 Å². The summed E-state index contributed by atoms with van der Waals surface area (Å²) in [4.78, 5) is 30.2. The molecule has 2 N–H and O–H groups in total. The summed E-state index contributed by atoms with van der Waals surface area (Å²) < 4.78 is 13.2. The van der Waals surface area contributed by atoms with Crippen LogP contribution in [-0.2, 0) is 0 Å². The van der Waals surface area contributed by atoms with Crippen LogP contribution in [0.4, 0.5) is 10.1 Å². The number of nitrogens with one attached hydrogen (secondary N) is 2. The van der Waals surface area contributed by atoms with E-state index in [0.717, 1.165) is 5.56 Å². The van der Waals surface area contributed by atoms with Crippen LogP contribution in [0.3, 0.4) is 0 Å². The van der Waals surface area contributed by atoms with Crippen molar-refractivity contribution in [3.8, 4) is 11.3 Å². The number of H-pyrrole nitrogens is 1. The van der Waals surface area contributed by atoms with Gasteiger partial charge in [0, 0.05) is 11.3 Å². The molecule has 0 unspecified atom stereocenters. The Balaban J connectivity index is 1.92. The Morgan fingerprint density at radius 1 is 1.04 bits per heavy atom. The molecule has 0 atom stereocenters. The summed E-state index contributed by atoms with van der Waals surface area (Å²) in [5.41, 5.74) is 0.829. The smallest absolute Gasteiger partial charge is 0.321 e. The van der Waals surface area contributed by atoms with E-state index in [-0.39, 0.29) is 5.69 Å². The largest absolute Gasteiger partial charge is 0.346 e. The zero-order valence-electron chi connectivity index (χ0n) is 11.9. The van der Waals surface area contributed by atoms with E-state index in [1.165, 1.54) is 24.3 Å². The Hall–Kier alpha value is -3.28. The SMILES string of the molecule is O=C(Nc1cccc(F)c1)c1cc(-c2ccccc2)nc(=O)[nH]1. The maximum absolute atomic E-state index is 13.2. The number of benzene rings is 2. The maximum atomic E-state index is 13.2. The highest BCUT2D eigenvalue weighted by atomic mass is 19.1. The lowest BCUT2D eigenvalue weighted by Gasteiger charge is -2.06. The van der Waals surface area contributed by atoms with Crippen molar-refractivity contribution in [2.24, 2.45) is 0 Å². The Morgan fingerprint density at radius 3 is 2.57 bits per heavy atom. The molecule has 23 heavy (non-hydrogen) atoms. The van der Waals surface area contributed by atoms with Crippen molar-refractivity contribution in [2.45, 2.75) is 0 Å². The number of aromatic amines is 1. The fourth-order valence-corrected chi connectivity index (χ4v) is 2.10. The Labute approximate surface area is 130 Å². The molecule has 5 nitrogen and oxygen atoms in total. The van der Waals surface area contributed by atoms with Gasteiger partial charge in [0.1, 0.15) is 11.5 Å². The average molecular weight is 309 g/mol. The van der Waals surface area contributed by atoms with Gasteiger partial charge < -0.3 is 10.3 Å². The molecule has 3 aromatic rings. The Bertz CT molecular complexity index is 907. The van der Waals surface area contributed by atoms with E-state index in [0.29, 0.717) is 11.4 Å². The first-order valence-electron chi connectivity index (χ1n) is 6.85. The Morgan fingerprint density at radius 2 is 1.83 bits per heavy atom. The van der Waals surface area contributed by atoms with E-state index in [9.17, 15) is 14.0 Å². The number of aromatic nitrogens is 2. The van der Waals surface area contributed by atoms with E-state index in [1.54, 1.807) is 18.2 Å². The van der Waals surface area contributed by atoms with Crippen LogP contribution in [0.25, 0.3) is 11.3 Å². The van der Waals surface area contributed by atoms with Crippen LogP contribution < -0.4 is 11.0 Å². The van der Waals surface area contributed by atoms with Gasteiger partial charge >= 0.3 is 5.69 Å². The third-order valence-corrected chi connectivity index (χ3v) is 3.14. The average Bonchev–Trinajstić information content (AvgIpc) is 2.55. The highest BCUT2D eigenvalue weighted by Gasteiger charge is 2.11. The highest BCUT2D eigenvalue weighted by Crippen LogP contribution is 2.16. The monoisotopic (exact) mass is 309 g/mol. The van der Waals surface area contributed by atoms with Gasteiger partial charge in [-0.2, -0.15) is 4.98 Å². The molecule has 6 heteroatoms. The van der Waals surface area contributed by atoms with Crippen molar-refractivity contribution in [1.29, 1.82) is 0 Å². The summed E-state index contributed by atoms with van der Waals surface area (Å²) in [6, 6.07) is 16.0. The molecule has 3 rings (SSSR count). The van der Waals surface area contributed by atoms with Gasteiger partial charge in [-0.3, -0.25) is 4.79 Å². The summed E-state index contributed by atoms with van der Waals surface area (Å²) in [5.74, 6) is -1.01. The number of nitrogens with zero attached hydrogens (tertiary/aromatic N) is 1. The predicted molar refractivity (Wildman–Crippen MR) is 84.6 cm³/mol. The fourth-order valence-electron chi connectivity index (χ4n) is 2.10. The third-order valence-electron chi connectivity index (χ3n) is 3.14. The highest BCUT2D eigenvalue weighted by molar-refractivity contribution is 6.03.